The lowest BCUT2D eigenvalue weighted by molar-refractivity contribution is -0.139. The van der Waals surface area contributed by atoms with Gasteiger partial charge in [0.1, 0.15) is 46.7 Å². The maximum absolute atomic E-state index is 13.5. The molecule has 2 N–H and O–H groups in total. The third kappa shape index (κ3) is 11.0. The Hall–Kier alpha value is -7.08. The van der Waals surface area contributed by atoms with Gasteiger partial charge in [-0.05, 0) is 113 Å². The number of rotatable bonds is 21. The first kappa shape index (κ1) is 52.8. The number of aliphatic hydroxyl groups excluding tert-OH is 1. The Labute approximate surface area is 434 Å². The molecule has 0 spiro atoms. The number of hydrogen-bond acceptors (Lipinski definition) is 17. The van der Waals surface area contributed by atoms with Crippen LogP contribution in [0.2, 0.25) is 0 Å². The highest BCUT2D eigenvalue weighted by Gasteiger charge is 2.51. The predicted molar refractivity (Wildman–Crippen MR) is 274 cm³/mol. The molecule has 20 nitrogen and oxygen atoms in total. The van der Waals surface area contributed by atoms with E-state index in [0.717, 1.165) is 22.4 Å². The lowest BCUT2D eigenvalue weighted by Crippen LogP contribution is -2.42. The number of ether oxygens (including phenoxy) is 5. The van der Waals surface area contributed by atoms with Gasteiger partial charge in [-0.15, -0.1) is 10.2 Å². The topological polar surface area (TPSA) is 241 Å². The monoisotopic (exact) mass is 1040 g/mol. The van der Waals surface area contributed by atoms with Gasteiger partial charge in [0.15, 0.2) is 18.5 Å². The summed E-state index contributed by atoms with van der Waals surface area (Å²) in [5, 5.41) is 50.1. The van der Waals surface area contributed by atoms with Crippen molar-refractivity contribution < 1.29 is 52.2 Å². The Bertz CT molecular complexity index is 3120. The molecule has 1 unspecified atom stereocenters. The number of fused-ring (bicyclic) bond motifs is 3. The molecule has 392 valence electrons. The number of aryl methyl sites for hydroxylation is 2. The smallest absolute Gasteiger partial charge is 0.362 e. The Morgan fingerprint density at radius 1 is 0.840 bits per heavy atom. The average molecular weight is 1040 g/mol. The SMILES string of the molecule is COc1ccc(C(OC[C@H]2O[C@@H](n3nnc4c3CCc3nnn(-c5cc6ccc(OCC(=O)O)cc6oc5=O)c3CC4)[C@H](O)[C@@H]2OP(OCCC#N)N(C(C)C)C(C)C)(c2ccccc2)c2ccc(OC)cc2)cc1. The molecule has 0 saturated carbocycles. The largest absolute Gasteiger partial charge is 0.497 e. The van der Waals surface area contributed by atoms with Gasteiger partial charge in [0.05, 0.1) is 62.7 Å². The Morgan fingerprint density at radius 3 is 2.08 bits per heavy atom. The van der Waals surface area contributed by atoms with Gasteiger partial charge in [-0.25, -0.2) is 23.6 Å². The molecule has 1 aliphatic carbocycles. The zero-order chi connectivity index (χ0) is 52.8. The van der Waals surface area contributed by atoms with E-state index in [1.54, 1.807) is 37.1 Å². The number of carboxylic acid groups (broad SMARTS) is 1. The van der Waals surface area contributed by atoms with Crippen LogP contribution in [-0.2, 0) is 54.6 Å². The van der Waals surface area contributed by atoms with Crippen molar-refractivity contribution in [3.05, 3.63) is 153 Å². The lowest BCUT2D eigenvalue weighted by Gasteiger charge is -2.39. The molecule has 75 heavy (non-hydrogen) atoms. The fourth-order valence-electron chi connectivity index (χ4n) is 9.78. The molecule has 0 bridgehead atoms. The summed E-state index contributed by atoms with van der Waals surface area (Å²) in [6.07, 6.45) is -2.72. The molecule has 4 heterocycles. The van der Waals surface area contributed by atoms with Crippen LogP contribution in [0.1, 0.15) is 79.8 Å². The van der Waals surface area contributed by atoms with E-state index >= 15 is 0 Å². The Morgan fingerprint density at radius 2 is 1.45 bits per heavy atom. The number of hydrogen-bond donors (Lipinski definition) is 2. The van der Waals surface area contributed by atoms with Gasteiger partial charge >= 0.3 is 11.6 Å². The first-order valence-electron chi connectivity index (χ1n) is 24.7. The van der Waals surface area contributed by atoms with E-state index in [0.29, 0.717) is 59.7 Å². The number of carbonyl (C=O) groups is 1. The predicted octanol–water partition coefficient (Wildman–Crippen LogP) is 7.26. The van der Waals surface area contributed by atoms with Crippen molar-refractivity contribution in [1.82, 2.24) is 34.7 Å². The van der Waals surface area contributed by atoms with Crippen LogP contribution in [0.5, 0.6) is 17.2 Å². The first-order chi connectivity index (χ1) is 36.3. The van der Waals surface area contributed by atoms with Crippen LogP contribution in [-0.4, -0.2) is 115 Å². The van der Waals surface area contributed by atoms with Gasteiger partial charge in [0.2, 0.25) is 0 Å². The Balaban J connectivity index is 1.06. The van der Waals surface area contributed by atoms with Crippen LogP contribution in [0.4, 0.5) is 0 Å². The summed E-state index contributed by atoms with van der Waals surface area (Å²) in [5.41, 5.74) is 3.64. The molecule has 0 amide bonds. The van der Waals surface area contributed by atoms with Crippen LogP contribution in [0.15, 0.2) is 112 Å². The third-order valence-corrected chi connectivity index (χ3v) is 15.4. The summed E-state index contributed by atoms with van der Waals surface area (Å²) < 4.78 is 55.1. The van der Waals surface area contributed by atoms with E-state index in [2.05, 4.69) is 31.4 Å². The summed E-state index contributed by atoms with van der Waals surface area (Å²) >= 11 is 0. The zero-order valence-electron chi connectivity index (χ0n) is 42.4. The van der Waals surface area contributed by atoms with Crippen LogP contribution in [0, 0.1) is 11.3 Å². The van der Waals surface area contributed by atoms with Crippen molar-refractivity contribution in [2.45, 2.75) is 102 Å². The van der Waals surface area contributed by atoms with E-state index in [4.69, 9.17) is 42.3 Å². The van der Waals surface area contributed by atoms with Crippen molar-refractivity contribution in [3.63, 3.8) is 0 Å². The van der Waals surface area contributed by atoms with Crippen molar-refractivity contribution in [3.8, 4) is 29.0 Å². The van der Waals surface area contributed by atoms with E-state index in [9.17, 15) is 20.0 Å². The summed E-state index contributed by atoms with van der Waals surface area (Å²) in [6, 6.07) is 33.8. The number of nitriles is 1. The molecule has 0 radical (unpaired) electrons. The number of methoxy groups -OCH3 is 2. The second-order valence-corrected chi connectivity index (χ2v) is 20.0. The minimum atomic E-state index is -1.88. The van der Waals surface area contributed by atoms with E-state index in [-0.39, 0.29) is 48.7 Å². The van der Waals surface area contributed by atoms with E-state index in [1.165, 1.54) is 10.7 Å². The quantitative estimate of drug-likeness (QED) is 0.0311. The van der Waals surface area contributed by atoms with E-state index in [1.807, 2.05) is 107 Å². The molecule has 9 rings (SSSR count). The van der Waals surface area contributed by atoms with Crippen molar-refractivity contribution >= 4 is 25.5 Å². The normalized spacial score (nSPS) is 18.1. The van der Waals surface area contributed by atoms with Gasteiger partial charge in [0.25, 0.3) is 8.53 Å². The number of aromatic nitrogens is 6. The number of aliphatic hydroxyl groups is 1. The minimum absolute atomic E-state index is 0.0343. The molecular formula is C54H59N8O12P. The van der Waals surface area contributed by atoms with Gasteiger partial charge in [-0.1, -0.05) is 65.0 Å². The zero-order valence-corrected chi connectivity index (χ0v) is 43.3. The maximum Gasteiger partial charge on any atom is 0.362 e. The number of aliphatic carboxylic acids is 1. The average Bonchev–Trinajstić information content (AvgIpc) is 4.13. The summed E-state index contributed by atoms with van der Waals surface area (Å²) in [7, 11) is 1.36. The molecule has 1 saturated heterocycles. The summed E-state index contributed by atoms with van der Waals surface area (Å²) in [4.78, 5) is 24.5. The molecule has 1 fully saturated rings. The lowest BCUT2D eigenvalue weighted by atomic mass is 9.80. The van der Waals surface area contributed by atoms with Crippen LogP contribution >= 0.6 is 8.53 Å². The highest BCUT2D eigenvalue weighted by molar-refractivity contribution is 7.44. The molecule has 2 aliphatic rings. The molecule has 4 aromatic carbocycles. The molecule has 7 aromatic rings. The minimum Gasteiger partial charge on any atom is -0.497 e. The fourth-order valence-corrected chi connectivity index (χ4v) is 11.6. The molecule has 3 aromatic heterocycles. The standard InChI is InChI=1S/C54H59N8O12P/c1-33(2)62(34(3)4)75(71-28-10-27-55)74-51-48(31-70-54(36-11-8-7-9-12-36,37-14-19-39(67-5)20-15-37)38-16-21-40(68-6)22-17-38)72-52(50(51)65)61-45-26-24-42-44(25-23-43(45)57-59-61)60(58-56-42)46-29-35-13-18-41(69-32-49(63)64)30-47(35)73-53(46)66/h7-9,11-22,29-30,33-34,48,50-52,65H,10,23-26,28,31-32H2,1-6H3,(H,63,64)/t48-,50-,51-,52-,75?/m1/s1. The van der Waals surface area contributed by atoms with Crippen molar-refractivity contribution in [2.75, 3.05) is 34.0 Å². The summed E-state index contributed by atoms with van der Waals surface area (Å²) in [6.45, 7) is 7.65. The maximum atomic E-state index is 13.5. The molecule has 5 atom stereocenters. The number of carboxylic acids is 1. The van der Waals surface area contributed by atoms with Gasteiger partial charge in [0, 0.05) is 23.5 Å². The van der Waals surface area contributed by atoms with Gasteiger partial charge in [-0.2, -0.15) is 5.26 Å². The van der Waals surface area contributed by atoms with Crippen LogP contribution in [0.3, 0.4) is 0 Å². The number of benzene rings is 4. The van der Waals surface area contributed by atoms with E-state index < -0.39 is 56.9 Å². The second kappa shape index (κ2) is 23.2. The van der Waals surface area contributed by atoms with Crippen molar-refractivity contribution in [1.29, 1.82) is 5.26 Å². The molecule has 21 heteroatoms. The third-order valence-electron chi connectivity index (χ3n) is 13.3. The highest BCUT2D eigenvalue weighted by atomic mass is 31.2. The first-order valence-corrected chi connectivity index (χ1v) is 25.8. The van der Waals surface area contributed by atoms with Crippen LogP contribution in [0.25, 0.3) is 16.7 Å². The second-order valence-electron chi connectivity index (χ2n) is 18.6. The molecule has 1 aliphatic heterocycles. The van der Waals surface area contributed by atoms with Crippen LogP contribution < -0.4 is 19.8 Å². The number of nitrogens with zero attached hydrogens (tertiary/aromatic N) is 8. The van der Waals surface area contributed by atoms with Crippen molar-refractivity contribution in [2.24, 2.45) is 0 Å². The van der Waals surface area contributed by atoms with Gasteiger partial charge < -0.3 is 47.4 Å². The Kier molecular flexibility index (Phi) is 16.3. The summed E-state index contributed by atoms with van der Waals surface area (Å²) in [5.74, 6) is 0.448. The molecular weight excluding hydrogens is 984 g/mol. The van der Waals surface area contributed by atoms with Gasteiger partial charge in [-0.3, -0.25) is 0 Å². The highest BCUT2D eigenvalue weighted by Crippen LogP contribution is 2.51. The fraction of sp³-hybridized carbons (Fsp3) is 0.389.